The summed E-state index contributed by atoms with van der Waals surface area (Å²) in [6.45, 7) is 0.543. The van der Waals surface area contributed by atoms with E-state index in [0.29, 0.717) is 17.8 Å². The number of esters is 1. The number of nitrogens with two attached hydrogens (primary N) is 1. The van der Waals surface area contributed by atoms with Gasteiger partial charge in [0.25, 0.3) is 0 Å². The fourth-order valence-corrected chi connectivity index (χ4v) is 3.22. The Hall–Kier alpha value is -2.05. The standard InChI is InChI=1S/C17H20N2O4.ClH/c1-22-17(21)15-8-11-7-12(5-6-14(11)23-15)19-16(20)13-4-2-3-10(13)9-18;/h5-8,10,13H,2-4,9,18H2,1H3,(H,19,20);1H/t10-,13-;/m1./s1. The zero-order valence-electron chi connectivity index (χ0n) is 13.4. The Balaban J connectivity index is 0.00000208. The summed E-state index contributed by atoms with van der Waals surface area (Å²) >= 11 is 0. The SMILES string of the molecule is COC(=O)c1cc2cc(NC(=O)[C@@H]3CCC[C@@H]3CN)ccc2o1.Cl. The van der Waals surface area contributed by atoms with Crippen LogP contribution < -0.4 is 11.1 Å². The van der Waals surface area contributed by atoms with Gasteiger partial charge < -0.3 is 20.2 Å². The lowest BCUT2D eigenvalue weighted by molar-refractivity contribution is -0.120. The molecule has 1 heterocycles. The van der Waals surface area contributed by atoms with Gasteiger partial charge >= 0.3 is 5.97 Å². The normalized spacial score (nSPS) is 19.8. The van der Waals surface area contributed by atoms with Crippen molar-refractivity contribution < 1.29 is 18.7 Å². The molecule has 2 atom stereocenters. The second-order valence-electron chi connectivity index (χ2n) is 5.88. The number of benzene rings is 1. The van der Waals surface area contributed by atoms with Gasteiger partial charge in [0.15, 0.2) is 0 Å². The van der Waals surface area contributed by atoms with E-state index in [0.717, 1.165) is 24.6 Å². The molecule has 0 spiro atoms. The molecule has 24 heavy (non-hydrogen) atoms. The Morgan fingerprint density at radius 3 is 2.83 bits per heavy atom. The number of hydrogen-bond acceptors (Lipinski definition) is 5. The minimum Gasteiger partial charge on any atom is -0.463 e. The third-order valence-electron chi connectivity index (χ3n) is 4.47. The van der Waals surface area contributed by atoms with Crippen LogP contribution in [0.25, 0.3) is 11.0 Å². The molecule has 0 radical (unpaired) electrons. The Bertz CT molecular complexity index is 743. The van der Waals surface area contributed by atoms with Gasteiger partial charge in [-0.2, -0.15) is 0 Å². The summed E-state index contributed by atoms with van der Waals surface area (Å²) in [6.07, 6.45) is 2.94. The van der Waals surface area contributed by atoms with Gasteiger partial charge in [0, 0.05) is 17.0 Å². The van der Waals surface area contributed by atoms with Crippen LogP contribution in [0.3, 0.4) is 0 Å². The number of methoxy groups -OCH3 is 1. The number of halogens is 1. The molecule has 2 aromatic rings. The van der Waals surface area contributed by atoms with E-state index in [1.54, 1.807) is 24.3 Å². The van der Waals surface area contributed by atoms with Crippen LogP contribution in [0.5, 0.6) is 0 Å². The summed E-state index contributed by atoms with van der Waals surface area (Å²) in [5.41, 5.74) is 6.99. The third kappa shape index (κ3) is 3.55. The minimum atomic E-state index is -0.525. The van der Waals surface area contributed by atoms with Gasteiger partial charge in [-0.25, -0.2) is 4.79 Å². The molecule has 1 aliphatic rings. The smallest absolute Gasteiger partial charge is 0.373 e. The monoisotopic (exact) mass is 352 g/mol. The van der Waals surface area contributed by atoms with E-state index < -0.39 is 5.97 Å². The molecule has 0 bridgehead atoms. The van der Waals surface area contributed by atoms with E-state index in [-0.39, 0.29) is 35.9 Å². The molecule has 1 amide bonds. The number of carbonyl (C=O) groups is 2. The van der Waals surface area contributed by atoms with Crippen LogP contribution in [0, 0.1) is 11.8 Å². The maximum absolute atomic E-state index is 12.4. The van der Waals surface area contributed by atoms with Crippen LogP contribution in [0.15, 0.2) is 28.7 Å². The van der Waals surface area contributed by atoms with Crippen molar-refractivity contribution in [3.63, 3.8) is 0 Å². The van der Waals surface area contributed by atoms with Crippen molar-refractivity contribution in [1.82, 2.24) is 0 Å². The molecule has 0 aliphatic heterocycles. The number of ether oxygens (including phenoxy) is 1. The molecule has 1 aromatic heterocycles. The number of fused-ring (bicyclic) bond motifs is 1. The van der Waals surface area contributed by atoms with Crippen LogP contribution in [-0.2, 0) is 9.53 Å². The molecule has 0 unspecified atom stereocenters. The lowest BCUT2D eigenvalue weighted by Crippen LogP contribution is -2.29. The lowest BCUT2D eigenvalue weighted by Gasteiger charge is -2.17. The first kappa shape index (κ1) is 18.3. The maximum Gasteiger partial charge on any atom is 0.373 e. The largest absolute Gasteiger partial charge is 0.463 e. The second-order valence-corrected chi connectivity index (χ2v) is 5.88. The average Bonchev–Trinajstić information content (AvgIpc) is 3.19. The lowest BCUT2D eigenvalue weighted by atomic mass is 9.95. The first-order chi connectivity index (χ1) is 11.1. The second kappa shape index (κ2) is 7.68. The van der Waals surface area contributed by atoms with Gasteiger partial charge in [-0.05, 0) is 49.6 Å². The van der Waals surface area contributed by atoms with Crippen molar-refractivity contribution >= 4 is 40.9 Å². The van der Waals surface area contributed by atoms with Crippen LogP contribution in [0.4, 0.5) is 5.69 Å². The van der Waals surface area contributed by atoms with Crippen LogP contribution >= 0.6 is 12.4 Å². The molecule has 7 heteroatoms. The zero-order valence-corrected chi connectivity index (χ0v) is 14.2. The summed E-state index contributed by atoms with van der Waals surface area (Å²) in [6, 6.07) is 6.88. The van der Waals surface area contributed by atoms with Crippen LogP contribution in [0.2, 0.25) is 0 Å². The topological polar surface area (TPSA) is 94.6 Å². The highest BCUT2D eigenvalue weighted by molar-refractivity contribution is 5.97. The van der Waals surface area contributed by atoms with Gasteiger partial charge in [-0.3, -0.25) is 4.79 Å². The fourth-order valence-electron chi connectivity index (χ4n) is 3.22. The molecule has 3 N–H and O–H groups in total. The van der Waals surface area contributed by atoms with E-state index in [2.05, 4.69) is 10.1 Å². The van der Waals surface area contributed by atoms with Crippen molar-refractivity contribution in [1.29, 1.82) is 0 Å². The molecule has 130 valence electrons. The van der Waals surface area contributed by atoms with Gasteiger partial charge in [-0.15, -0.1) is 12.4 Å². The Morgan fingerprint density at radius 2 is 2.12 bits per heavy atom. The number of anilines is 1. The maximum atomic E-state index is 12.4. The Labute approximate surface area is 146 Å². The highest BCUT2D eigenvalue weighted by Crippen LogP contribution is 2.32. The van der Waals surface area contributed by atoms with E-state index in [4.69, 9.17) is 10.2 Å². The van der Waals surface area contributed by atoms with Gasteiger partial charge in [-0.1, -0.05) is 6.42 Å². The first-order valence-corrected chi connectivity index (χ1v) is 7.75. The number of carbonyl (C=O) groups excluding carboxylic acids is 2. The number of nitrogens with one attached hydrogen (secondary N) is 1. The van der Waals surface area contributed by atoms with E-state index in [9.17, 15) is 9.59 Å². The van der Waals surface area contributed by atoms with Crippen molar-refractivity contribution in [3.8, 4) is 0 Å². The summed E-state index contributed by atoms with van der Waals surface area (Å²) in [5.74, 6) is -0.133. The van der Waals surface area contributed by atoms with Crippen molar-refractivity contribution in [2.75, 3.05) is 19.0 Å². The molecule has 1 aliphatic carbocycles. The van der Waals surface area contributed by atoms with Crippen molar-refractivity contribution in [3.05, 3.63) is 30.0 Å². The van der Waals surface area contributed by atoms with Gasteiger partial charge in [0.2, 0.25) is 11.7 Å². The summed E-state index contributed by atoms with van der Waals surface area (Å²) in [7, 11) is 1.30. The fraction of sp³-hybridized carbons (Fsp3) is 0.412. The van der Waals surface area contributed by atoms with Crippen LogP contribution in [-0.4, -0.2) is 25.5 Å². The van der Waals surface area contributed by atoms with E-state index in [1.807, 2.05) is 0 Å². The molecule has 6 nitrogen and oxygen atoms in total. The molecule has 1 saturated carbocycles. The predicted molar refractivity (Wildman–Crippen MR) is 93.3 cm³/mol. The van der Waals surface area contributed by atoms with Crippen LogP contribution in [0.1, 0.15) is 29.8 Å². The quantitative estimate of drug-likeness (QED) is 0.825. The summed E-state index contributed by atoms with van der Waals surface area (Å²) < 4.78 is 10.0. The Morgan fingerprint density at radius 1 is 1.33 bits per heavy atom. The van der Waals surface area contributed by atoms with E-state index >= 15 is 0 Å². The number of amides is 1. The molecule has 3 rings (SSSR count). The van der Waals surface area contributed by atoms with Crippen molar-refractivity contribution in [2.45, 2.75) is 19.3 Å². The number of hydrogen-bond donors (Lipinski definition) is 2. The summed E-state index contributed by atoms with van der Waals surface area (Å²) in [5, 5.41) is 3.68. The third-order valence-corrected chi connectivity index (χ3v) is 4.47. The summed E-state index contributed by atoms with van der Waals surface area (Å²) in [4.78, 5) is 23.9. The average molecular weight is 353 g/mol. The molecule has 1 fully saturated rings. The Kier molecular flexibility index (Phi) is 5.85. The molecule has 1 aromatic carbocycles. The molecular formula is C17H21ClN2O4. The first-order valence-electron chi connectivity index (χ1n) is 7.75. The highest BCUT2D eigenvalue weighted by atomic mass is 35.5. The zero-order chi connectivity index (χ0) is 16.4. The van der Waals surface area contributed by atoms with Gasteiger partial charge in [0.1, 0.15) is 5.58 Å². The highest BCUT2D eigenvalue weighted by Gasteiger charge is 2.31. The van der Waals surface area contributed by atoms with Crippen molar-refractivity contribution in [2.24, 2.45) is 17.6 Å². The predicted octanol–water partition coefficient (Wildman–Crippen LogP) is 2.95. The molecule has 0 saturated heterocycles. The number of furan rings is 1. The molecular weight excluding hydrogens is 332 g/mol. The number of rotatable bonds is 4. The van der Waals surface area contributed by atoms with E-state index in [1.165, 1.54) is 7.11 Å². The minimum absolute atomic E-state index is 0. The van der Waals surface area contributed by atoms with Gasteiger partial charge in [0.05, 0.1) is 7.11 Å².